The van der Waals surface area contributed by atoms with Crippen LogP contribution in [0.5, 0.6) is 0 Å². The molecule has 2 aromatic rings. The van der Waals surface area contributed by atoms with Crippen LogP contribution in [0.4, 0.5) is 4.39 Å². The lowest BCUT2D eigenvalue weighted by Gasteiger charge is -2.14. The molecule has 2 aromatic carbocycles. The molecule has 0 aromatic heterocycles. The van der Waals surface area contributed by atoms with Gasteiger partial charge in [0.1, 0.15) is 5.82 Å². The van der Waals surface area contributed by atoms with Crippen LogP contribution in [0, 0.1) is 12.7 Å². The Labute approximate surface area is 118 Å². The minimum atomic E-state index is -3.55. The summed E-state index contributed by atoms with van der Waals surface area (Å²) in [5.74, 6) is -0.655. The van der Waals surface area contributed by atoms with Crippen LogP contribution in [0.2, 0.25) is 0 Å². The van der Waals surface area contributed by atoms with Crippen molar-refractivity contribution in [3.8, 4) is 0 Å². The van der Waals surface area contributed by atoms with E-state index in [1.54, 1.807) is 19.1 Å². The number of rotatable bonds is 4. The first-order valence-electron chi connectivity index (χ1n) is 6.19. The van der Waals surface area contributed by atoms with E-state index < -0.39 is 21.7 Å². The van der Waals surface area contributed by atoms with Crippen LogP contribution >= 0.6 is 0 Å². The number of halogens is 1. The summed E-state index contributed by atoms with van der Waals surface area (Å²) in [6.45, 7) is 1.57. The SMILES string of the molecule is Cc1cc(F)ccc1S(=O)(=O)CC(N)c1ccccc1. The third kappa shape index (κ3) is 3.23. The van der Waals surface area contributed by atoms with Crippen LogP contribution < -0.4 is 5.73 Å². The molecule has 0 radical (unpaired) electrons. The molecule has 3 nitrogen and oxygen atoms in total. The highest BCUT2D eigenvalue weighted by Gasteiger charge is 2.21. The summed E-state index contributed by atoms with van der Waals surface area (Å²) in [5, 5.41) is 0. The molecule has 0 saturated heterocycles. The zero-order chi connectivity index (χ0) is 14.8. The zero-order valence-corrected chi connectivity index (χ0v) is 11.9. The van der Waals surface area contributed by atoms with Gasteiger partial charge in [0.25, 0.3) is 0 Å². The second kappa shape index (κ2) is 5.73. The largest absolute Gasteiger partial charge is 0.323 e. The number of aryl methyl sites for hydroxylation is 1. The standard InChI is InChI=1S/C15H16FNO2S/c1-11-9-13(16)7-8-15(11)20(18,19)10-14(17)12-5-3-2-4-6-12/h2-9,14H,10,17H2,1H3. The van der Waals surface area contributed by atoms with Gasteiger partial charge in [-0.1, -0.05) is 30.3 Å². The van der Waals surface area contributed by atoms with Crippen molar-refractivity contribution in [3.63, 3.8) is 0 Å². The minimum Gasteiger partial charge on any atom is -0.323 e. The lowest BCUT2D eigenvalue weighted by atomic mass is 10.1. The van der Waals surface area contributed by atoms with E-state index in [2.05, 4.69) is 0 Å². The number of hydrogen-bond donors (Lipinski definition) is 1. The highest BCUT2D eigenvalue weighted by Crippen LogP contribution is 2.21. The average Bonchev–Trinajstić information content (AvgIpc) is 2.38. The number of sulfone groups is 1. The van der Waals surface area contributed by atoms with Gasteiger partial charge in [-0.25, -0.2) is 12.8 Å². The Morgan fingerprint density at radius 1 is 1.15 bits per heavy atom. The van der Waals surface area contributed by atoms with Crippen molar-refractivity contribution in [3.05, 3.63) is 65.5 Å². The van der Waals surface area contributed by atoms with Gasteiger partial charge in [-0.05, 0) is 36.2 Å². The molecule has 0 bridgehead atoms. The Hall–Kier alpha value is -1.72. The molecule has 0 aliphatic rings. The molecule has 1 unspecified atom stereocenters. The van der Waals surface area contributed by atoms with E-state index in [9.17, 15) is 12.8 Å². The third-order valence-corrected chi connectivity index (χ3v) is 5.02. The van der Waals surface area contributed by atoms with Crippen molar-refractivity contribution in [2.75, 3.05) is 5.75 Å². The van der Waals surface area contributed by atoms with Crippen molar-refractivity contribution in [2.45, 2.75) is 17.9 Å². The zero-order valence-electron chi connectivity index (χ0n) is 11.1. The van der Waals surface area contributed by atoms with E-state index >= 15 is 0 Å². The van der Waals surface area contributed by atoms with Crippen molar-refractivity contribution >= 4 is 9.84 Å². The van der Waals surface area contributed by atoms with Gasteiger partial charge in [-0.2, -0.15) is 0 Å². The molecule has 0 aliphatic heterocycles. The first-order chi connectivity index (χ1) is 9.40. The summed E-state index contributed by atoms with van der Waals surface area (Å²) in [7, 11) is -3.55. The van der Waals surface area contributed by atoms with Crippen LogP contribution in [0.15, 0.2) is 53.4 Å². The third-order valence-electron chi connectivity index (χ3n) is 3.10. The van der Waals surface area contributed by atoms with Gasteiger partial charge in [-0.15, -0.1) is 0 Å². The first kappa shape index (κ1) is 14.7. The van der Waals surface area contributed by atoms with Crippen molar-refractivity contribution < 1.29 is 12.8 Å². The summed E-state index contributed by atoms with van der Waals surface area (Å²) in [6.07, 6.45) is 0. The lowest BCUT2D eigenvalue weighted by molar-refractivity contribution is 0.587. The molecule has 20 heavy (non-hydrogen) atoms. The summed E-state index contributed by atoms with van der Waals surface area (Å²) in [6, 6.07) is 12.1. The molecule has 0 aliphatic carbocycles. The van der Waals surface area contributed by atoms with Gasteiger partial charge in [0.05, 0.1) is 10.6 Å². The maximum Gasteiger partial charge on any atom is 0.180 e. The molecule has 2 N–H and O–H groups in total. The number of benzene rings is 2. The van der Waals surface area contributed by atoms with Gasteiger partial charge in [-0.3, -0.25) is 0 Å². The van der Waals surface area contributed by atoms with Crippen LogP contribution in [-0.4, -0.2) is 14.2 Å². The molecule has 1 atom stereocenters. The molecule has 5 heteroatoms. The van der Waals surface area contributed by atoms with E-state index in [0.717, 1.165) is 11.6 Å². The monoisotopic (exact) mass is 293 g/mol. The van der Waals surface area contributed by atoms with Crippen molar-refractivity contribution in [1.82, 2.24) is 0 Å². The second-order valence-corrected chi connectivity index (χ2v) is 6.71. The maximum absolute atomic E-state index is 13.0. The Kier molecular flexibility index (Phi) is 4.20. The van der Waals surface area contributed by atoms with E-state index in [1.165, 1.54) is 12.1 Å². The smallest absolute Gasteiger partial charge is 0.180 e. The molecule has 2 rings (SSSR count). The van der Waals surface area contributed by atoms with Crippen molar-refractivity contribution in [2.24, 2.45) is 5.73 Å². The lowest BCUT2D eigenvalue weighted by Crippen LogP contribution is -2.22. The van der Waals surface area contributed by atoms with Crippen molar-refractivity contribution in [1.29, 1.82) is 0 Å². The number of hydrogen-bond acceptors (Lipinski definition) is 3. The Bertz CT molecular complexity index is 699. The predicted octanol–water partition coefficient (Wildman–Crippen LogP) is 2.61. The Morgan fingerprint density at radius 3 is 2.40 bits per heavy atom. The predicted molar refractivity (Wildman–Crippen MR) is 76.6 cm³/mol. The summed E-state index contributed by atoms with van der Waals surface area (Å²) < 4.78 is 37.7. The Balaban J connectivity index is 2.28. The average molecular weight is 293 g/mol. The van der Waals surface area contributed by atoms with Crippen LogP contribution in [0.1, 0.15) is 17.2 Å². The number of nitrogens with two attached hydrogens (primary N) is 1. The van der Waals surface area contributed by atoms with Gasteiger partial charge in [0.2, 0.25) is 0 Å². The fourth-order valence-electron chi connectivity index (χ4n) is 2.08. The molecule has 0 fully saturated rings. The summed E-state index contributed by atoms with van der Waals surface area (Å²) >= 11 is 0. The molecule has 0 heterocycles. The molecule has 0 spiro atoms. The maximum atomic E-state index is 13.0. The molecular formula is C15H16FNO2S. The van der Waals surface area contributed by atoms with Gasteiger partial charge in [0, 0.05) is 6.04 Å². The highest BCUT2D eigenvalue weighted by atomic mass is 32.2. The van der Waals surface area contributed by atoms with E-state index in [1.807, 2.05) is 18.2 Å². The molecule has 0 saturated carbocycles. The van der Waals surface area contributed by atoms with Crippen LogP contribution in [0.25, 0.3) is 0 Å². The fraction of sp³-hybridized carbons (Fsp3) is 0.200. The Morgan fingerprint density at radius 2 is 1.80 bits per heavy atom. The second-order valence-electron chi connectivity index (χ2n) is 4.71. The summed E-state index contributed by atoms with van der Waals surface area (Å²) in [4.78, 5) is 0.130. The highest BCUT2D eigenvalue weighted by molar-refractivity contribution is 7.91. The van der Waals surface area contributed by atoms with Crippen LogP contribution in [0.3, 0.4) is 0 Å². The van der Waals surface area contributed by atoms with Gasteiger partial charge >= 0.3 is 0 Å². The van der Waals surface area contributed by atoms with E-state index in [0.29, 0.717) is 5.56 Å². The van der Waals surface area contributed by atoms with Gasteiger partial charge in [0.15, 0.2) is 9.84 Å². The molecular weight excluding hydrogens is 277 g/mol. The fourth-order valence-corrected chi connectivity index (χ4v) is 3.75. The van der Waals surface area contributed by atoms with E-state index in [4.69, 9.17) is 5.73 Å². The minimum absolute atomic E-state index is 0.130. The topological polar surface area (TPSA) is 60.2 Å². The quantitative estimate of drug-likeness (QED) is 0.881. The normalized spacial score (nSPS) is 13.2. The van der Waals surface area contributed by atoms with Crippen LogP contribution in [-0.2, 0) is 9.84 Å². The van der Waals surface area contributed by atoms with Gasteiger partial charge < -0.3 is 5.73 Å². The first-order valence-corrected chi connectivity index (χ1v) is 7.85. The summed E-state index contributed by atoms with van der Waals surface area (Å²) in [5.41, 5.74) is 7.10. The molecule has 0 amide bonds. The molecule has 106 valence electrons. The van der Waals surface area contributed by atoms with E-state index in [-0.39, 0.29) is 10.6 Å².